The van der Waals surface area contributed by atoms with Crippen molar-refractivity contribution in [3.8, 4) is 0 Å². The lowest BCUT2D eigenvalue weighted by molar-refractivity contribution is -0.146. The number of nitrogen functional groups attached to an aromatic ring is 1. The number of fused-ring (bicyclic) bond motifs is 1. The van der Waals surface area contributed by atoms with Gasteiger partial charge in [0, 0.05) is 16.9 Å². The number of thioether (sulfide) groups is 2. The molecule has 2 atom stereocenters. The first-order valence-corrected chi connectivity index (χ1v) is 11.9. The Kier molecular flexibility index (Phi) is 6.22. The number of aromatic amines is 1. The number of nitrogens with two attached hydrogens (primary N) is 1. The van der Waals surface area contributed by atoms with Gasteiger partial charge in [-0.25, -0.2) is 9.97 Å². The molecule has 2 aliphatic heterocycles. The standard InChI is InChI=1S/C15H14N8O4S4/c16-14-19-6(3-30-14)7(22-27)10(24)20-8-11(25)23-9(13(26)28)5(1-29-12(8)23)2-31-15-17-4-18-21-15/h3-4,8,12,27H,1-2H2,(H2,16,19)(H,20,24)(H,26,28)(H,17,18,21)/b22-7+/t8-,12-/m1/s1. The SMILES string of the molecule is Nc1nc(/C(=N\O)C(=O)N[C@@H]2C(=O)N3C(C(=O)S)=C(CSc4ncn[nH]4)CS[C@H]23)cs1. The molecule has 31 heavy (non-hydrogen) atoms. The fourth-order valence-electron chi connectivity index (χ4n) is 3.03. The zero-order valence-corrected chi connectivity index (χ0v) is 18.7. The summed E-state index contributed by atoms with van der Waals surface area (Å²) < 4.78 is 0. The summed E-state index contributed by atoms with van der Waals surface area (Å²) in [5.41, 5.74) is 6.23. The molecule has 0 unspecified atom stereocenters. The van der Waals surface area contributed by atoms with Crippen molar-refractivity contribution in [1.82, 2.24) is 30.4 Å². The molecule has 0 aliphatic carbocycles. The molecular weight excluding hydrogens is 484 g/mol. The van der Waals surface area contributed by atoms with Crippen LogP contribution in [0, 0.1) is 0 Å². The van der Waals surface area contributed by atoms with E-state index in [1.165, 1.54) is 40.1 Å². The fourth-order valence-corrected chi connectivity index (χ4v) is 6.11. The number of oxime groups is 1. The van der Waals surface area contributed by atoms with E-state index in [0.717, 1.165) is 16.9 Å². The molecule has 12 nitrogen and oxygen atoms in total. The van der Waals surface area contributed by atoms with Crippen LogP contribution >= 0.6 is 47.5 Å². The topological polar surface area (TPSA) is 180 Å². The van der Waals surface area contributed by atoms with Gasteiger partial charge in [-0.05, 0) is 5.57 Å². The maximum absolute atomic E-state index is 12.8. The number of carbonyl (C=O) groups is 3. The molecule has 4 heterocycles. The third-order valence-corrected chi connectivity index (χ3v) is 7.58. The Morgan fingerprint density at radius 1 is 1.52 bits per heavy atom. The monoisotopic (exact) mass is 498 g/mol. The van der Waals surface area contributed by atoms with Gasteiger partial charge in [0.25, 0.3) is 11.8 Å². The first-order chi connectivity index (χ1) is 14.9. The van der Waals surface area contributed by atoms with Gasteiger partial charge in [-0.3, -0.25) is 24.4 Å². The molecule has 5 N–H and O–H groups in total. The number of β-lactam (4-membered cyclic amide) rings is 1. The largest absolute Gasteiger partial charge is 0.410 e. The molecular formula is C15H14N8O4S4. The van der Waals surface area contributed by atoms with Crippen molar-refractivity contribution in [3.63, 3.8) is 0 Å². The van der Waals surface area contributed by atoms with E-state index in [2.05, 4.69) is 43.3 Å². The lowest BCUT2D eigenvalue weighted by Gasteiger charge is -2.49. The Balaban J connectivity index is 1.48. The van der Waals surface area contributed by atoms with Crippen LogP contribution in [0.5, 0.6) is 0 Å². The minimum Gasteiger partial charge on any atom is -0.410 e. The van der Waals surface area contributed by atoms with E-state index in [1.54, 1.807) is 0 Å². The van der Waals surface area contributed by atoms with Crippen molar-refractivity contribution in [3.05, 3.63) is 28.7 Å². The van der Waals surface area contributed by atoms with Gasteiger partial charge in [0.1, 0.15) is 29.1 Å². The van der Waals surface area contributed by atoms with Crippen molar-refractivity contribution in [2.24, 2.45) is 5.16 Å². The molecule has 0 radical (unpaired) electrons. The number of rotatable bonds is 7. The minimum absolute atomic E-state index is 0.0975. The number of hydrogen-bond acceptors (Lipinski definition) is 12. The molecule has 0 bridgehead atoms. The molecule has 16 heteroatoms. The number of hydrogen-bond donors (Lipinski definition) is 5. The summed E-state index contributed by atoms with van der Waals surface area (Å²) in [5.74, 6) is -0.349. The maximum Gasteiger partial charge on any atom is 0.276 e. The molecule has 2 aromatic heterocycles. The Morgan fingerprint density at radius 2 is 2.32 bits per heavy atom. The Labute approximate surface area is 192 Å². The van der Waals surface area contributed by atoms with E-state index >= 15 is 0 Å². The summed E-state index contributed by atoms with van der Waals surface area (Å²) in [6.45, 7) is 0. The van der Waals surface area contributed by atoms with Crippen LogP contribution in [0.1, 0.15) is 5.69 Å². The first kappa shape index (κ1) is 21.7. The molecule has 0 aromatic carbocycles. The molecule has 4 rings (SSSR count). The first-order valence-electron chi connectivity index (χ1n) is 8.53. The third kappa shape index (κ3) is 4.15. The minimum atomic E-state index is -0.892. The smallest absolute Gasteiger partial charge is 0.276 e. The quantitative estimate of drug-likeness (QED) is 0.0865. The van der Waals surface area contributed by atoms with Crippen molar-refractivity contribution in [1.29, 1.82) is 0 Å². The lowest BCUT2D eigenvalue weighted by atomic mass is 10.0. The average molecular weight is 499 g/mol. The number of thiol groups is 1. The van der Waals surface area contributed by atoms with Gasteiger partial charge in [0.05, 0.1) is 0 Å². The van der Waals surface area contributed by atoms with Gasteiger partial charge in [-0.2, -0.15) is 5.10 Å². The third-order valence-electron chi connectivity index (χ3n) is 4.39. The van der Waals surface area contributed by atoms with Crippen LogP contribution in [0.4, 0.5) is 5.13 Å². The summed E-state index contributed by atoms with van der Waals surface area (Å²) in [7, 11) is 0. The number of aromatic nitrogens is 4. The second kappa shape index (κ2) is 8.89. The Morgan fingerprint density at radius 3 is 2.94 bits per heavy atom. The van der Waals surface area contributed by atoms with Gasteiger partial charge in [-0.15, -0.1) is 23.1 Å². The summed E-state index contributed by atoms with van der Waals surface area (Å²) >= 11 is 7.77. The van der Waals surface area contributed by atoms with Gasteiger partial charge < -0.3 is 16.3 Å². The van der Waals surface area contributed by atoms with Gasteiger partial charge in [0.15, 0.2) is 16.0 Å². The number of nitrogens with zero attached hydrogens (tertiary/aromatic N) is 5. The molecule has 162 valence electrons. The summed E-state index contributed by atoms with van der Waals surface area (Å²) in [6, 6.07) is -0.892. The van der Waals surface area contributed by atoms with Crippen LogP contribution in [0.3, 0.4) is 0 Å². The number of H-pyrrole nitrogens is 1. The number of thiazole rings is 1. The summed E-state index contributed by atoms with van der Waals surface area (Å²) in [4.78, 5) is 46.8. The predicted molar refractivity (Wildman–Crippen MR) is 118 cm³/mol. The fraction of sp³-hybridized carbons (Fsp3) is 0.267. The van der Waals surface area contributed by atoms with Gasteiger partial charge >= 0.3 is 0 Å². The normalized spacial score (nSPS) is 21.0. The lowest BCUT2D eigenvalue weighted by Crippen LogP contribution is -2.71. The number of amides is 2. The van der Waals surface area contributed by atoms with Crippen molar-refractivity contribution < 1.29 is 19.6 Å². The van der Waals surface area contributed by atoms with Crippen LogP contribution in [0.25, 0.3) is 0 Å². The van der Waals surface area contributed by atoms with Gasteiger partial charge in [0.2, 0.25) is 5.12 Å². The highest BCUT2D eigenvalue weighted by Crippen LogP contribution is 2.42. The van der Waals surface area contributed by atoms with E-state index in [0.29, 0.717) is 16.7 Å². The Bertz CT molecular complexity index is 1100. The van der Waals surface area contributed by atoms with Gasteiger partial charge in [-0.1, -0.05) is 29.5 Å². The number of carbonyl (C=O) groups excluding carboxylic acids is 3. The second-order valence-corrected chi connectivity index (χ2v) is 9.58. The molecule has 2 amide bonds. The molecule has 0 spiro atoms. The molecule has 2 aromatic rings. The second-order valence-electron chi connectivity index (χ2n) is 6.22. The zero-order valence-electron chi connectivity index (χ0n) is 15.4. The molecule has 0 saturated carbocycles. The van der Waals surface area contributed by atoms with Crippen LogP contribution in [-0.2, 0) is 14.4 Å². The van der Waals surface area contributed by atoms with E-state index in [9.17, 15) is 19.6 Å². The van der Waals surface area contributed by atoms with E-state index in [-0.39, 0.29) is 22.2 Å². The zero-order chi connectivity index (χ0) is 22.1. The molecule has 2 aliphatic rings. The highest BCUT2D eigenvalue weighted by molar-refractivity contribution is 8.01. The van der Waals surface area contributed by atoms with Crippen molar-refractivity contribution in [2.75, 3.05) is 17.2 Å². The Hall–Kier alpha value is -2.56. The highest BCUT2D eigenvalue weighted by atomic mass is 32.2. The predicted octanol–water partition coefficient (Wildman–Crippen LogP) is -0.0756. The maximum atomic E-state index is 12.8. The van der Waals surface area contributed by atoms with Crippen molar-refractivity contribution >= 4 is 75.3 Å². The van der Waals surface area contributed by atoms with Crippen LogP contribution in [-0.4, -0.2) is 75.8 Å². The molecule has 1 saturated heterocycles. The van der Waals surface area contributed by atoms with Crippen LogP contribution < -0.4 is 11.1 Å². The average Bonchev–Trinajstić information content (AvgIpc) is 3.42. The van der Waals surface area contributed by atoms with Crippen LogP contribution in [0.2, 0.25) is 0 Å². The van der Waals surface area contributed by atoms with E-state index in [1.807, 2.05) is 0 Å². The summed E-state index contributed by atoms with van der Waals surface area (Å²) in [6.07, 6.45) is 1.38. The van der Waals surface area contributed by atoms with E-state index < -0.39 is 28.3 Å². The van der Waals surface area contributed by atoms with Crippen LogP contribution in [0.15, 0.2) is 33.3 Å². The number of anilines is 1. The summed E-state index contributed by atoms with van der Waals surface area (Å²) in [5, 5.41) is 22.5. The molecule has 1 fully saturated rings. The van der Waals surface area contributed by atoms with Crippen molar-refractivity contribution in [2.45, 2.75) is 16.6 Å². The number of nitrogens with one attached hydrogen (secondary N) is 2. The highest BCUT2D eigenvalue weighted by Gasteiger charge is 2.53. The van der Waals surface area contributed by atoms with E-state index in [4.69, 9.17) is 5.73 Å².